The van der Waals surface area contributed by atoms with Crippen LogP contribution in [0.15, 0.2) is 18.2 Å². The number of carbonyl (C=O) groups excluding carboxylic acids is 1. The van der Waals surface area contributed by atoms with E-state index in [1.807, 2.05) is 0 Å². The van der Waals surface area contributed by atoms with Gasteiger partial charge in [-0.25, -0.2) is 17.2 Å². The van der Waals surface area contributed by atoms with Crippen LogP contribution in [0.2, 0.25) is 0 Å². The van der Waals surface area contributed by atoms with Crippen molar-refractivity contribution >= 4 is 28.2 Å². The third-order valence-electron chi connectivity index (χ3n) is 4.07. The second-order valence-corrected chi connectivity index (χ2v) is 8.02. The third-order valence-corrected chi connectivity index (χ3v) is 6.09. The van der Waals surface area contributed by atoms with Gasteiger partial charge in [-0.05, 0) is 38.1 Å². The summed E-state index contributed by atoms with van der Waals surface area (Å²) in [5.41, 5.74) is 0. The minimum Gasteiger partial charge on any atom is -0.489 e. The fourth-order valence-corrected chi connectivity index (χ4v) is 4.03. The lowest BCUT2D eigenvalue weighted by Gasteiger charge is -2.34. The molecule has 1 fully saturated rings. The van der Waals surface area contributed by atoms with Crippen LogP contribution in [0.5, 0.6) is 5.75 Å². The van der Waals surface area contributed by atoms with Gasteiger partial charge < -0.3 is 15.4 Å². The lowest BCUT2D eigenvalue weighted by atomic mass is 9.96. The van der Waals surface area contributed by atoms with Crippen LogP contribution in [0.1, 0.15) is 12.8 Å². The predicted octanol–water partition coefficient (Wildman–Crippen LogP) is 1.05. The van der Waals surface area contributed by atoms with Crippen molar-refractivity contribution in [2.24, 2.45) is 0 Å². The smallest absolute Gasteiger partial charge is 0.241 e. The molecule has 2 N–H and O–H groups in total. The van der Waals surface area contributed by atoms with E-state index in [2.05, 4.69) is 10.6 Å². The van der Waals surface area contributed by atoms with E-state index in [9.17, 15) is 22.0 Å². The highest BCUT2D eigenvalue weighted by molar-refractivity contribution is 7.92. The maximum absolute atomic E-state index is 13.4. The van der Waals surface area contributed by atoms with Gasteiger partial charge in [0, 0.05) is 12.3 Å². The standard InChI is InChI=1S/C15H20F2N2O4S.ClH/c1-24(21,22)15(4-6-18-7-5-15)14(20)19-8-9-23-13-3-2-11(16)10-12(13)17;/h2-3,10,18H,4-9H2,1H3,(H,19,20);1H. The summed E-state index contributed by atoms with van der Waals surface area (Å²) >= 11 is 0. The van der Waals surface area contributed by atoms with E-state index in [0.717, 1.165) is 18.4 Å². The molecule has 1 aromatic carbocycles. The molecule has 1 heterocycles. The Labute approximate surface area is 151 Å². The Morgan fingerprint density at radius 3 is 2.52 bits per heavy atom. The Kier molecular flexibility index (Phi) is 7.58. The molecule has 0 unspecified atom stereocenters. The van der Waals surface area contributed by atoms with Gasteiger partial charge in [-0.1, -0.05) is 0 Å². The number of hydrogen-bond acceptors (Lipinski definition) is 5. The van der Waals surface area contributed by atoms with Crippen molar-refractivity contribution in [2.45, 2.75) is 17.6 Å². The van der Waals surface area contributed by atoms with Gasteiger partial charge in [0.25, 0.3) is 0 Å². The molecule has 0 saturated carbocycles. The number of piperidine rings is 1. The number of hydrogen-bond donors (Lipinski definition) is 2. The average Bonchev–Trinajstić information content (AvgIpc) is 2.52. The molecule has 0 bridgehead atoms. The van der Waals surface area contributed by atoms with Gasteiger partial charge in [0.1, 0.15) is 12.4 Å². The van der Waals surface area contributed by atoms with Gasteiger partial charge >= 0.3 is 0 Å². The summed E-state index contributed by atoms with van der Waals surface area (Å²) in [6.45, 7) is 0.836. The van der Waals surface area contributed by atoms with Crippen LogP contribution in [0.3, 0.4) is 0 Å². The van der Waals surface area contributed by atoms with Gasteiger partial charge in [-0.15, -0.1) is 12.4 Å². The lowest BCUT2D eigenvalue weighted by molar-refractivity contribution is -0.124. The predicted molar refractivity (Wildman–Crippen MR) is 91.8 cm³/mol. The maximum atomic E-state index is 13.4. The highest BCUT2D eigenvalue weighted by Crippen LogP contribution is 2.27. The Hall–Kier alpha value is -1.45. The molecule has 1 aromatic rings. The van der Waals surface area contributed by atoms with Gasteiger partial charge in [0.05, 0.1) is 6.54 Å². The molecule has 1 amide bonds. The van der Waals surface area contributed by atoms with Gasteiger partial charge in [-0.2, -0.15) is 0 Å². The fourth-order valence-electron chi connectivity index (χ4n) is 2.68. The number of carbonyl (C=O) groups is 1. The average molecular weight is 399 g/mol. The number of rotatable bonds is 6. The van der Waals surface area contributed by atoms with E-state index in [1.165, 1.54) is 0 Å². The summed E-state index contributed by atoms with van der Waals surface area (Å²) in [4.78, 5) is 12.4. The van der Waals surface area contributed by atoms with Crippen molar-refractivity contribution in [3.8, 4) is 5.75 Å². The minimum atomic E-state index is -3.58. The Morgan fingerprint density at radius 1 is 1.32 bits per heavy atom. The maximum Gasteiger partial charge on any atom is 0.241 e. The van der Waals surface area contributed by atoms with Crippen LogP contribution in [0, 0.1) is 11.6 Å². The quantitative estimate of drug-likeness (QED) is 0.700. The number of halogens is 3. The number of sulfone groups is 1. The van der Waals surface area contributed by atoms with Gasteiger partial charge in [-0.3, -0.25) is 4.79 Å². The van der Waals surface area contributed by atoms with Crippen LogP contribution in [0.25, 0.3) is 0 Å². The molecule has 0 aromatic heterocycles. The summed E-state index contributed by atoms with van der Waals surface area (Å²) in [6, 6.07) is 2.91. The lowest BCUT2D eigenvalue weighted by Crippen LogP contribution is -2.57. The normalized spacial score (nSPS) is 16.6. The highest BCUT2D eigenvalue weighted by atomic mass is 35.5. The molecule has 1 aliphatic rings. The molecule has 142 valence electrons. The molecular weight excluding hydrogens is 378 g/mol. The van der Waals surface area contributed by atoms with E-state index >= 15 is 0 Å². The van der Waals surface area contributed by atoms with Crippen molar-refractivity contribution in [1.29, 1.82) is 0 Å². The zero-order valence-corrected chi connectivity index (χ0v) is 15.3. The first-order valence-electron chi connectivity index (χ1n) is 7.53. The number of nitrogens with one attached hydrogen (secondary N) is 2. The third kappa shape index (κ3) is 5.02. The van der Waals surface area contributed by atoms with Crippen LogP contribution in [0.4, 0.5) is 8.78 Å². The van der Waals surface area contributed by atoms with Crippen molar-refractivity contribution in [3.63, 3.8) is 0 Å². The molecule has 6 nitrogen and oxygen atoms in total. The molecule has 1 aliphatic heterocycles. The largest absolute Gasteiger partial charge is 0.489 e. The SMILES string of the molecule is CS(=O)(=O)C1(C(=O)NCCOc2ccc(F)cc2F)CCNCC1.Cl. The monoisotopic (exact) mass is 398 g/mol. The van der Waals surface area contributed by atoms with Crippen LogP contribution in [-0.4, -0.2) is 51.6 Å². The van der Waals surface area contributed by atoms with Crippen molar-refractivity contribution in [1.82, 2.24) is 10.6 Å². The number of benzene rings is 1. The van der Waals surface area contributed by atoms with Crippen molar-refractivity contribution in [2.75, 3.05) is 32.5 Å². The number of ether oxygens (including phenoxy) is 1. The molecule has 0 spiro atoms. The summed E-state index contributed by atoms with van der Waals surface area (Å²) in [5.74, 6) is -2.26. The van der Waals surface area contributed by atoms with Crippen molar-refractivity contribution in [3.05, 3.63) is 29.8 Å². The van der Waals surface area contributed by atoms with Gasteiger partial charge in [0.15, 0.2) is 26.2 Å². The highest BCUT2D eigenvalue weighted by Gasteiger charge is 2.48. The molecule has 0 atom stereocenters. The summed E-state index contributed by atoms with van der Waals surface area (Å²) < 4.78 is 54.0. The fraction of sp³-hybridized carbons (Fsp3) is 0.533. The first-order chi connectivity index (χ1) is 11.3. The summed E-state index contributed by atoms with van der Waals surface area (Å²) in [6.07, 6.45) is 1.46. The molecule has 1 saturated heterocycles. The van der Waals surface area contributed by atoms with E-state index in [0.29, 0.717) is 19.2 Å². The number of amides is 1. The molecular formula is C15H21ClF2N2O4S. The Bertz CT molecular complexity index is 709. The first kappa shape index (κ1) is 21.6. The Balaban J connectivity index is 0.00000312. The van der Waals surface area contributed by atoms with E-state index < -0.39 is 32.1 Å². The molecule has 0 radical (unpaired) electrons. The molecule has 0 aliphatic carbocycles. The van der Waals surface area contributed by atoms with E-state index in [-0.39, 0.29) is 44.1 Å². The van der Waals surface area contributed by atoms with Crippen molar-refractivity contribution < 1.29 is 26.7 Å². The Morgan fingerprint density at radius 2 is 1.96 bits per heavy atom. The molecule has 10 heteroatoms. The zero-order chi connectivity index (χ0) is 17.8. The van der Waals surface area contributed by atoms with Gasteiger partial charge in [0.2, 0.25) is 5.91 Å². The first-order valence-corrected chi connectivity index (χ1v) is 9.42. The summed E-state index contributed by atoms with van der Waals surface area (Å²) in [5, 5.41) is 5.56. The topological polar surface area (TPSA) is 84.5 Å². The molecule has 25 heavy (non-hydrogen) atoms. The second-order valence-electron chi connectivity index (χ2n) is 5.70. The van der Waals surface area contributed by atoms with Crippen LogP contribution < -0.4 is 15.4 Å². The second kappa shape index (κ2) is 8.77. The van der Waals surface area contributed by atoms with Crippen LogP contribution >= 0.6 is 12.4 Å². The van der Waals surface area contributed by atoms with Crippen LogP contribution in [-0.2, 0) is 14.6 Å². The minimum absolute atomic E-state index is 0. The van der Waals surface area contributed by atoms with E-state index in [1.54, 1.807) is 0 Å². The van der Waals surface area contributed by atoms with E-state index in [4.69, 9.17) is 4.74 Å². The zero-order valence-electron chi connectivity index (χ0n) is 13.7. The summed E-state index contributed by atoms with van der Waals surface area (Å²) in [7, 11) is -3.58. The molecule has 2 rings (SSSR count).